The first-order valence-corrected chi connectivity index (χ1v) is 7.25. The molecule has 0 bridgehead atoms. The molecule has 0 N–H and O–H groups in total. The summed E-state index contributed by atoms with van der Waals surface area (Å²) in [5, 5.41) is 5.65. The maximum Gasteiger partial charge on any atom is -0.00610 e. The van der Waals surface area contributed by atoms with E-state index in [4.69, 9.17) is 0 Å². The van der Waals surface area contributed by atoms with E-state index in [9.17, 15) is 0 Å². The summed E-state index contributed by atoms with van der Waals surface area (Å²) < 4.78 is 0. The van der Waals surface area contributed by atoms with E-state index in [2.05, 4.69) is 60.7 Å². The highest BCUT2D eigenvalue weighted by Gasteiger charge is 2.20. The Bertz CT molecular complexity index is 939. The molecule has 2 aliphatic rings. The van der Waals surface area contributed by atoms with Gasteiger partial charge in [0, 0.05) is 0 Å². The summed E-state index contributed by atoms with van der Waals surface area (Å²) in [5.41, 5.74) is 5.88. The van der Waals surface area contributed by atoms with Crippen LogP contribution in [0.1, 0.15) is 23.1 Å². The molecular formula is C20H14. The van der Waals surface area contributed by atoms with E-state index in [-0.39, 0.29) is 0 Å². The van der Waals surface area contributed by atoms with Crippen molar-refractivity contribution in [3.63, 3.8) is 0 Å². The van der Waals surface area contributed by atoms with E-state index in [0.29, 0.717) is 0 Å². The summed E-state index contributed by atoms with van der Waals surface area (Å²) >= 11 is 0. The zero-order valence-electron chi connectivity index (χ0n) is 11.2. The van der Waals surface area contributed by atoms with Crippen molar-refractivity contribution >= 4 is 33.2 Å². The van der Waals surface area contributed by atoms with Crippen LogP contribution >= 0.6 is 0 Å². The van der Waals surface area contributed by atoms with E-state index in [1.54, 1.807) is 0 Å². The minimum absolute atomic E-state index is 1.07. The lowest BCUT2D eigenvalue weighted by Crippen LogP contribution is -2.03. The molecule has 0 saturated carbocycles. The molecule has 0 saturated heterocycles. The van der Waals surface area contributed by atoms with Crippen LogP contribution in [0.25, 0.3) is 33.2 Å². The Kier molecular flexibility index (Phi) is 1.88. The molecule has 3 aromatic carbocycles. The number of fused-ring (bicyclic) bond motifs is 2. The highest BCUT2D eigenvalue weighted by Crippen LogP contribution is 2.42. The van der Waals surface area contributed by atoms with Gasteiger partial charge in [0.25, 0.3) is 0 Å². The van der Waals surface area contributed by atoms with Gasteiger partial charge in [0.1, 0.15) is 0 Å². The molecule has 0 fully saturated rings. The summed E-state index contributed by atoms with van der Waals surface area (Å²) in [6, 6.07) is 15.7. The molecule has 0 nitrogen and oxygen atoms in total. The Morgan fingerprint density at radius 3 is 2.80 bits per heavy atom. The van der Waals surface area contributed by atoms with E-state index in [1.165, 1.54) is 43.8 Å². The van der Waals surface area contributed by atoms with Crippen molar-refractivity contribution in [2.75, 3.05) is 0 Å². The fraction of sp³-hybridized carbons (Fsp3) is 0.100. The number of rotatable bonds is 0. The largest absolute Gasteiger partial charge is 0.0795 e. The van der Waals surface area contributed by atoms with Crippen LogP contribution in [0.2, 0.25) is 0 Å². The standard InChI is InChI=1S/C20H14/c1-2-7-17-15(4-1)12-16-9-8-13-5-3-6-14-10-11-18(17)20(16)19(13)14/h1-5,7-10,12H,6,11H2. The predicted octanol–water partition coefficient (Wildman–Crippen LogP) is 5.35. The molecule has 5 rings (SSSR count). The van der Waals surface area contributed by atoms with E-state index < -0.39 is 0 Å². The lowest BCUT2D eigenvalue weighted by molar-refractivity contribution is 1.25. The van der Waals surface area contributed by atoms with Crippen LogP contribution in [0.3, 0.4) is 0 Å². The lowest BCUT2D eigenvalue weighted by Gasteiger charge is -2.24. The van der Waals surface area contributed by atoms with E-state index in [0.717, 1.165) is 12.8 Å². The number of allylic oxidation sites excluding steroid dienone is 3. The molecule has 94 valence electrons. The molecule has 2 aliphatic carbocycles. The minimum Gasteiger partial charge on any atom is -0.0795 e. The predicted molar refractivity (Wildman–Crippen MR) is 86.8 cm³/mol. The lowest BCUT2D eigenvalue weighted by atomic mass is 9.80. The van der Waals surface area contributed by atoms with Gasteiger partial charge in [-0.05, 0) is 62.7 Å². The molecule has 3 aromatic rings. The molecule has 20 heavy (non-hydrogen) atoms. The summed E-state index contributed by atoms with van der Waals surface area (Å²) in [6.45, 7) is 0. The fourth-order valence-corrected chi connectivity index (χ4v) is 3.80. The highest BCUT2D eigenvalue weighted by molar-refractivity contribution is 6.10. The Morgan fingerprint density at radius 2 is 1.80 bits per heavy atom. The topological polar surface area (TPSA) is 0 Å². The monoisotopic (exact) mass is 254 g/mol. The Hall–Kier alpha value is -2.34. The molecule has 0 heteroatoms. The Balaban J connectivity index is 2.07. The van der Waals surface area contributed by atoms with Gasteiger partial charge < -0.3 is 0 Å². The van der Waals surface area contributed by atoms with Crippen molar-refractivity contribution in [3.05, 3.63) is 71.3 Å². The third kappa shape index (κ3) is 1.21. The van der Waals surface area contributed by atoms with Gasteiger partial charge in [-0.25, -0.2) is 0 Å². The van der Waals surface area contributed by atoms with Crippen molar-refractivity contribution in [3.8, 4) is 0 Å². The second kappa shape index (κ2) is 3.61. The van der Waals surface area contributed by atoms with Gasteiger partial charge in [0.15, 0.2) is 0 Å². The van der Waals surface area contributed by atoms with Crippen molar-refractivity contribution < 1.29 is 0 Å². The third-order valence-corrected chi connectivity index (χ3v) is 4.68. The molecule has 0 unspecified atom stereocenters. The van der Waals surface area contributed by atoms with Crippen LogP contribution < -0.4 is 0 Å². The van der Waals surface area contributed by atoms with Crippen LogP contribution in [-0.2, 0) is 6.42 Å². The first-order chi connectivity index (χ1) is 9.92. The van der Waals surface area contributed by atoms with Gasteiger partial charge >= 0.3 is 0 Å². The zero-order valence-corrected chi connectivity index (χ0v) is 11.2. The molecule has 0 aromatic heterocycles. The smallest absolute Gasteiger partial charge is 0.00610 e. The highest BCUT2D eigenvalue weighted by atomic mass is 14.2. The van der Waals surface area contributed by atoms with Crippen LogP contribution in [0.15, 0.2) is 54.6 Å². The fourth-order valence-electron chi connectivity index (χ4n) is 3.80. The van der Waals surface area contributed by atoms with Crippen molar-refractivity contribution in [2.45, 2.75) is 12.8 Å². The van der Waals surface area contributed by atoms with Gasteiger partial charge in [-0.1, -0.05) is 54.6 Å². The molecule has 0 atom stereocenters. The summed E-state index contributed by atoms with van der Waals surface area (Å²) in [4.78, 5) is 0. The van der Waals surface area contributed by atoms with Crippen molar-refractivity contribution in [1.29, 1.82) is 0 Å². The zero-order chi connectivity index (χ0) is 13.1. The normalized spacial score (nSPS) is 15.7. The molecule has 0 aliphatic heterocycles. The van der Waals surface area contributed by atoms with E-state index >= 15 is 0 Å². The van der Waals surface area contributed by atoms with Crippen molar-refractivity contribution in [2.24, 2.45) is 0 Å². The minimum atomic E-state index is 1.07. The van der Waals surface area contributed by atoms with Crippen molar-refractivity contribution in [1.82, 2.24) is 0 Å². The average molecular weight is 254 g/mol. The van der Waals surface area contributed by atoms with Gasteiger partial charge in [0.05, 0.1) is 0 Å². The quantitative estimate of drug-likeness (QED) is 0.474. The van der Waals surface area contributed by atoms with Crippen LogP contribution in [-0.4, -0.2) is 0 Å². The molecule has 0 heterocycles. The maximum absolute atomic E-state index is 2.43. The van der Waals surface area contributed by atoms with Crippen LogP contribution in [0.5, 0.6) is 0 Å². The Morgan fingerprint density at radius 1 is 0.850 bits per heavy atom. The first-order valence-electron chi connectivity index (χ1n) is 7.25. The van der Waals surface area contributed by atoms with Gasteiger partial charge in [0.2, 0.25) is 0 Å². The van der Waals surface area contributed by atoms with Gasteiger partial charge in [-0.15, -0.1) is 0 Å². The van der Waals surface area contributed by atoms with Crippen LogP contribution in [0.4, 0.5) is 0 Å². The van der Waals surface area contributed by atoms with Gasteiger partial charge in [-0.2, -0.15) is 0 Å². The SMILES string of the molecule is C1=Cc2ccc3cc4ccccc4c4c3c2C(=CC4)C1. The molecule has 0 amide bonds. The summed E-state index contributed by atoms with van der Waals surface area (Å²) in [6.07, 6.45) is 9.13. The molecule has 0 spiro atoms. The molecule has 0 radical (unpaired) electrons. The summed E-state index contributed by atoms with van der Waals surface area (Å²) in [7, 11) is 0. The average Bonchev–Trinajstić information content (AvgIpc) is 2.52. The second-order valence-electron chi connectivity index (χ2n) is 5.74. The summed E-state index contributed by atoms with van der Waals surface area (Å²) in [5.74, 6) is 0. The second-order valence-corrected chi connectivity index (χ2v) is 5.74. The van der Waals surface area contributed by atoms with Crippen LogP contribution in [0, 0.1) is 0 Å². The first kappa shape index (κ1) is 10.4. The number of benzene rings is 3. The van der Waals surface area contributed by atoms with E-state index in [1.807, 2.05) is 0 Å². The van der Waals surface area contributed by atoms with Gasteiger partial charge in [-0.3, -0.25) is 0 Å². The number of hydrogen-bond donors (Lipinski definition) is 0. The Labute approximate surface area is 118 Å². The number of hydrogen-bond acceptors (Lipinski definition) is 0. The maximum atomic E-state index is 2.43. The molecular weight excluding hydrogens is 240 g/mol. The third-order valence-electron chi connectivity index (χ3n) is 4.68.